The Morgan fingerprint density at radius 1 is 1.36 bits per heavy atom. The second kappa shape index (κ2) is 4.47. The van der Waals surface area contributed by atoms with E-state index in [0.717, 1.165) is 17.6 Å². The maximum atomic E-state index is 5.42. The third kappa shape index (κ3) is 3.12. The van der Waals surface area contributed by atoms with Crippen LogP contribution in [0, 0.1) is 5.92 Å². The SMILES string of the molecule is CCCN(CC1CC1)C(=S)NC1CC1. The normalized spacial score (nSPS) is 20.6. The predicted molar refractivity (Wildman–Crippen MR) is 63.3 cm³/mol. The molecule has 0 heterocycles. The van der Waals surface area contributed by atoms with Gasteiger partial charge in [0.05, 0.1) is 0 Å². The predicted octanol–water partition coefficient (Wildman–Crippen LogP) is 2.15. The molecular formula is C11H20N2S. The lowest BCUT2D eigenvalue weighted by atomic mass is 10.3. The quantitative estimate of drug-likeness (QED) is 0.703. The monoisotopic (exact) mass is 212 g/mol. The van der Waals surface area contributed by atoms with Crippen LogP contribution in [0.2, 0.25) is 0 Å². The third-order valence-electron chi connectivity index (χ3n) is 2.86. The minimum atomic E-state index is 0.695. The Hall–Kier alpha value is -0.310. The minimum absolute atomic E-state index is 0.695. The largest absolute Gasteiger partial charge is 0.360 e. The first kappa shape index (κ1) is 10.2. The van der Waals surface area contributed by atoms with E-state index in [1.54, 1.807) is 0 Å². The molecule has 80 valence electrons. The number of rotatable bonds is 5. The Bertz CT molecular complexity index is 209. The van der Waals surface area contributed by atoms with Gasteiger partial charge in [0.2, 0.25) is 0 Å². The summed E-state index contributed by atoms with van der Waals surface area (Å²) in [4.78, 5) is 2.37. The van der Waals surface area contributed by atoms with Crippen molar-refractivity contribution in [1.82, 2.24) is 10.2 Å². The van der Waals surface area contributed by atoms with Crippen LogP contribution in [-0.4, -0.2) is 29.1 Å². The summed E-state index contributed by atoms with van der Waals surface area (Å²) in [6.07, 6.45) is 6.63. The molecule has 0 aromatic carbocycles. The first-order chi connectivity index (χ1) is 6.79. The topological polar surface area (TPSA) is 15.3 Å². The van der Waals surface area contributed by atoms with Gasteiger partial charge in [0.25, 0.3) is 0 Å². The average molecular weight is 212 g/mol. The van der Waals surface area contributed by atoms with E-state index in [2.05, 4.69) is 17.1 Å². The fourth-order valence-electron chi connectivity index (χ4n) is 1.65. The smallest absolute Gasteiger partial charge is 0.169 e. The molecule has 0 aliphatic heterocycles. The fourth-order valence-corrected chi connectivity index (χ4v) is 1.98. The van der Waals surface area contributed by atoms with Crippen LogP contribution in [0.25, 0.3) is 0 Å². The molecule has 0 aromatic heterocycles. The lowest BCUT2D eigenvalue weighted by Gasteiger charge is -2.25. The standard InChI is InChI=1S/C11H20N2S/c1-2-7-13(8-9-3-4-9)11(14)12-10-5-6-10/h9-10H,2-8H2,1H3,(H,12,14). The molecule has 0 amide bonds. The molecular weight excluding hydrogens is 192 g/mol. The van der Waals surface area contributed by atoms with Crippen molar-refractivity contribution < 1.29 is 0 Å². The highest BCUT2D eigenvalue weighted by Crippen LogP contribution is 2.30. The molecule has 0 radical (unpaired) electrons. The molecule has 0 spiro atoms. The molecule has 2 aliphatic rings. The summed E-state index contributed by atoms with van der Waals surface area (Å²) in [6, 6.07) is 0.695. The van der Waals surface area contributed by atoms with Gasteiger partial charge in [0.1, 0.15) is 0 Å². The van der Waals surface area contributed by atoms with Crippen molar-refractivity contribution in [2.45, 2.75) is 45.1 Å². The van der Waals surface area contributed by atoms with Crippen LogP contribution in [0.15, 0.2) is 0 Å². The summed E-state index contributed by atoms with van der Waals surface area (Å²) in [5.74, 6) is 0.931. The Balaban J connectivity index is 1.76. The summed E-state index contributed by atoms with van der Waals surface area (Å²) in [6.45, 7) is 4.53. The highest BCUT2D eigenvalue weighted by molar-refractivity contribution is 7.80. The maximum absolute atomic E-state index is 5.42. The van der Waals surface area contributed by atoms with Gasteiger partial charge >= 0.3 is 0 Å². The highest BCUT2D eigenvalue weighted by atomic mass is 32.1. The summed E-state index contributed by atoms with van der Waals surface area (Å²) in [5, 5.41) is 4.43. The van der Waals surface area contributed by atoms with Crippen molar-refractivity contribution in [2.75, 3.05) is 13.1 Å². The Kier molecular flexibility index (Phi) is 3.26. The van der Waals surface area contributed by atoms with Crippen LogP contribution in [0.3, 0.4) is 0 Å². The molecule has 1 N–H and O–H groups in total. The van der Waals surface area contributed by atoms with E-state index < -0.39 is 0 Å². The van der Waals surface area contributed by atoms with Crippen molar-refractivity contribution in [2.24, 2.45) is 5.92 Å². The van der Waals surface area contributed by atoms with E-state index in [4.69, 9.17) is 12.2 Å². The Labute approximate surface area is 92.0 Å². The molecule has 2 saturated carbocycles. The van der Waals surface area contributed by atoms with Gasteiger partial charge in [0, 0.05) is 19.1 Å². The van der Waals surface area contributed by atoms with Crippen molar-refractivity contribution in [3.05, 3.63) is 0 Å². The van der Waals surface area contributed by atoms with Gasteiger partial charge in [-0.25, -0.2) is 0 Å². The van der Waals surface area contributed by atoms with Gasteiger partial charge in [-0.05, 0) is 50.2 Å². The van der Waals surface area contributed by atoms with Crippen molar-refractivity contribution in [3.8, 4) is 0 Å². The maximum Gasteiger partial charge on any atom is 0.169 e. The van der Waals surface area contributed by atoms with E-state index in [9.17, 15) is 0 Å². The van der Waals surface area contributed by atoms with Gasteiger partial charge in [-0.2, -0.15) is 0 Å². The molecule has 0 saturated heterocycles. The summed E-state index contributed by atoms with van der Waals surface area (Å²) >= 11 is 5.42. The molecule has 0 atom stereocenters. The van der Waals surface area contributed by atoms with Crippen LogP contribution in [0.5, 0.6) is 0 Å². The molecule has 2 aliphatic carbocycles. The lowest BCUT2D eigenvalue weighted by molar-refractivity contribution is 0.392. The van der Waals surface area contributed by atoms with E-state index in [1.165, 1.54) is 38.6 Å². The number of nitrogens with zero attached hydrogens (tertiary/aromatic N) is 1. The van der Waals surface area contributed by atoms with Gasteiger partial charge in [-0.3, -0.25) is 0 Å². The first-order valence-electron chi connectivity index (χ1n) is 5.85. The number of thiocarbonyl (C=S) groups is 1. The Morgan fingerprint density at radius 3 is 2.57 bits per heavy atom. The molecule has 2 fully saturated rings. The van der Waals surface area contributed by atoms with Crippen molar-refractivity contribution in [1.29, 1.82) is 0 Å². The second-order valence-corrected chi connectivity index (χ2v) is 5.00. The van der Waals surface area contributed by atoms with Crippen LogP contribution >= 0.6 is 12.2 Å². The van der Waals surface area contributed by atoms with Gasteiger partial charge in [-0.1, -0.05) is 6.92 Å². The first-order valence-corrected chi connectivity index (χ1v) is 6.26. The van der Waals surface area contributed by atoms with E-state index in [1.807, 2.05) is 0 Å². The molecule has 2 nitrogen and oxygen atoms in total. The van der Waals surface area contributed by atoms with Crippen LogP contribution in [0.1, 0.15) is 39.0 Å². The molecule has 2 rings (SSSR count). The lowest BCUT2D eigenvalue weighted by Crippen LogP contribution is -2.42. The summed E-state index contributed by atoms with van der Waals surface area (Å²) in [7, 11) is 0. The number of nitrogens with one attached hydrogen (secondary N) is 1. The number of hydrogen-bond acceptors (Lipinski definition) is 1. The van der Waals surface area contributed by atoms with Crippen molar-refractivity contribution >= 4 is 17.3 Å². The second-order valence-electron chi connectivity index (χ2n) is 4.61. The van der Waals surface area contributed by atoms with E-state index in [0.29, 0.717) is 6.04 Å². The third-order valence-corrected chi connectivity index (χ3v) is 3.24. The van der Waals surface area contributed by atoms with Crippen LogP contribution in [-0.2, 0) is 0 Å². The van der Waals surface area contributed by atoms with Gasteiger partial charge in [0.15, 0.2) is 5.11 Å². The zero-order valence-corrected chi connectivity index (χ0v) is 9.78. The summed E-state index contributed by atoms with van der Waals surface area (Å²) < 4.78 is 0. The van der Waals surface area contributed by atoms with Crippen LogP contribution < -0.4 is 5.32 Å². The Morgan fingerprint density at radius 2 is 2.07 bits per heavy atom. The zero-order valence-electron chi connectivity index (χ0n) is 8.96. The highest BCUT2D eigenvalue weighted by Gasteiger charge is 2.27. The minimum Gasteiger partial charge on any atom is -0.360 e. The average Bonchev–Trinajstić information content (AvgIpc) is 2.97. The van der Waals surface area contributed by atoms with Gasteiger partial charge < -0.3 is 10.2 Å². The molecule has 0 aromatic rings. The number of hydrogen-bond donors (Lipinski definition) is 1. The molecule has 3 heteroatoms. The van der Waals surface area contributed by atoms with Crippen molar-refractivity contribution in [3.63, 3.8) is 0 Å². The van der Waals surface area contributed by atoms with E-state index >= 15 is 0 Å². The fraction of sp³-hybridized carbons (Fsp3) is 0.909. The van der Waals surface area contributed by atoms with Gasteiger partial charge in [-0.15, -0.1) is 0 Å². The van der Waals surface area contributed by atoms with E-state index in [-0.39, 0.29) is 0 Å². The zero-order chi connectivity index (χ0) is 9.97. The molecule has 0 bridgehead atoms. The van der Waals surface area contributed by atoms with Crippen LogP contribution in [0.4, 0.5) is 0 Å². The molecule has 0 unspecified atom stereocenters. The molecule has 14 heavy (non-hydrogen) atoms. The summed E-state index contributed by atoms with van der Waals surface area (Å²) in [5.41, 5.74) is 0.